The van der Waals surface area contributed by atoms with E-state index in [9.17, 15) is 4.79 Å². The summed E-state index contributed by atoms with van der Waals surface area (Å²) in [6.07, 6.45) is 1.83. The van der Waals surface area contributed by atoms with E-state index >= 15 is 0 Å². The number of carbonyl (C=O) groups is 1. The van der Waals surface area contributed by atoms with Gasteiger partial charge in [-0.2, -0.15) is 0 Å². The minimum atomic E-state index is -0.287. The summed E-state index contributed by atoms with van der Waals surface area (Å²) in [5.74, 6) is -0.287. The van der Waals surface area contributed by atoms with Crippen molar-refractivity contribution >= 4 is 22.4 Å². The fourth-order valence-electron chi connectivity index (χ4n) is 2.04. The normalized spacial score (nSPS) is 16.4. The summed E-state index contributed by atoms with van der Waals surface area (Å²) in [5.41, 5.74) is 0.532. The molecule has 0 aromatic carbocycles. The van der Waals surface area contributed by atoms with Gasteiger partial charge in [-0.1, -0.05) is 6.58 Å². The van der Waals surface area contributed by atoms with Crippen LogP contribution < -0.4 is 4.90 Å². The second kappa shape index (κ2) is 6.68. The van der Waals surface area contributed by atoms with Gasteiger partial charge in [0, 0.05) is 49.9 Å². The van der Waals surface area contributed by atoms with E-state index in [0.717, 1.165) is 31.3 Å². The number of nitrogens with zero attached hydrogens (tertiary/aromatic N) is 3. The summed E-state index contributed by atoms with van der Waals surface area (Å²) in [5, 5.41) is 3.06. The maximum absolute atomic E-state index is 11.5. The van der Waals surface area contributed by atoms with E-state index in [1.54, 1.807) is 18.3 Å². The molecule has 0 bridgehead atoms. The first kappa shape index (κ1) is 14.0. The zero-order valence-corrected chi connectivity index (χ0v) is 12.0. The second-order valence-corrected chi connectivity index (χ2v) is 5.27. The molecule has 1 aromatic rings. The summed E-state index contributed by atoms with van der Waals surface area (Å²) >= 11 is 1.66. The van der Waals surface area contributed by atoms with Crippen LogP contribution in [-0.4, -0.2) is 55.2 Å². The molecule has 2 heterocycles. The molecule has 0 radical (unpaired) electrons. The van der Waals surface area contributed by atoms with E-state index < -0.39 is 0 Å². The van der Waals surface area contributed by atoms with Crippen molar-refractivity contribution < 1.29 is 9.53 Å². The molecule has 6 heteroatoms. The van der Waals surface area contributed by atoms with Crippen molar-refractivity contribution in [2.75, 3.05) is 44.2 Å². The Balaban J connectivity index is 1.77. The highest BCUT2D eigenvalue weighted by Gasteiger charge is 2.20. The summed E-state index contributed by atoms with van der Waals surface area (Å²) in [4.78, 5) is 20.3. The molecule has 19 heavy (non-hydrogen) atoms. The van der Waals surface area contributed by atoms with Crippen LogP contribution in [0.25, 0.3) is 0 Å². The number of hydrogen-bond donors (Lipinski definition) is 0. The van der Waals surface area contributed by atoms with Crippen molar-refractivity contribution in [3.63, 3.8) is 0 Å². The van der Waals surface area contributed by atoms with Gasteiger partial charge in [0.2, 0.25) is 0 Å². The molecule has 1 saturated heterocycles. The van der Waals surface area contributed by atoms with Crippen LogP contribution in [0.2, 0.25) is 0 Å². The summed E-state index contributed by atoms with van der Waals surface area (Å²) in [6.45, 7) is 10.3. The van der Waals surface area contributed by atoms with Crippen LogP contribution in [0.3, 0.4) is 0 Å². The number of thiazole rings is 1. The molecule has 0 amide bonds. The maximum Gasteiger partial charge on any atom is 0.334 e. The summed E-state index contributed by atoms with van der Waals surface area (Å²) < 4.78 is 4.94. The number of rotatable bonds is 5. The third kappa shape index (κ3) is 3.78. The lowest BCUT2D eigenvalue weighted by Gasteiger charge is -2.34. The monoisotopic (exact) mass is 281 g/mol. The van der Waals surface area contributed by atoms with E-state index in [1.807, 2.05) is 11.6 Å². The standard InChI is InChI=1S/C13H19N3O2S/c1-3-18-12(17)11(2)10-15-5-7-16(8-6-15)13-14-4-9-19-13/h4,9H,2-3,5-8,10H2,1H3. The zero-order chi connectivity index (χ0) is 13.7. The highest BCUT2D eigenvalue weighted by Crippen LogP contribution is 2.19. The van der Waals surface area contributed by atoms with Crippen molar-refractivity contribution in [1.29, 1.82) is 0 Å². The predicted molar refractivity (Wildman–Crippen MR) is 76.5 cm³/mol. The first-order valence-corrected chi connectivity index (χ1v) is 7.30. The number of piperazine rings is 1. The molecule has 1 fully saturated rings. The Morgan fingerprint density at radius 2 is 2.21 bits per heavy atom. The van der Waals surface area contributed by atoms with Crippen LogP contribution in [0.4, 0.5) is 5.13 Å². The van der Waals surface area contributed by atoms with Gasteiger partial charge in [-0.25, -0.2) is 9.78 Å². The van der Waals surface area contributed by atoms with E-state index in [0.29, 0.717) is 18.7 Å². The Labute approximate surface area is 117 Å². The minimum Gasteiger partial charge on any atom is -0.463 e. The molecule has 0 saturated carbocycles. The molecule has 1 aliphatic heterocycles. The Morgan fingerprint density at radius 1 is 1.47 bits per heavy atom. The largest absolute Gasteiger partial charge is 0.463 e. The van der Waals surface area contributed by atoms with Crippen molar-refractivity contribution in [2.45, 2.75) is 6.92 Å². The molecule has 0 spiro atoms. The van der Waals surface area contributed by atoms with Gasteiger partial charge < -0.3 is 9.64 Å². The van der Waals surface area contributed by atoms with E-state index in [2.05, 4.69) is 21.4 Å². The maximum atomic E-state index is 11.5. The smallest absolute Gasteiger partial charge is 0.334 e. The third-order valence-corrected chi connectivity index (χ3v) is 3.87. The van der Waals surface area contributed by atoms with Crippen LogP contribution in [0.5, 0.6) is 0 Å². The Morgan fingerprint density at radius 3 is 2.79 bits per heavy atom. The average molecular weight is 281 g/mol. The molecule has 2 rings (SSSR count). The van der Waals surface area contributed by atoms with Crippen molar-refractivity contribution in [3.8, 4) is 0 Å². The summed E-state index contributed by atoms with van der Waals surface area (Å²) in [7, 11) is 0. The van der Waals surface area contributed by atoms with Crippen molar-refractivity contribution in [3.05, 3.63) is 23.7 Å². The Hall–Kier alpha value is -1.40. The molecule has 1 aliphatic rings. The lowest BCUT2D eigenvalue weighted by atomic mass is 10.2. The quantitative estimate of drug-likeness (QED) is 0.603. The topological polar surface area (TPSA) is 45.7 Å². The van der Waals surface area contributed by atoms with Gasteiger partial charge >= 0.3 is 5.97 Å². The average Bonchev–Trinajstić information content (AvgIpc) is 2.94. The zero-order valence-electron chi connectivity index (χ0n) is 11.2. The first-order valence-electron chi connectivity index (χ1n) is 6.42. The van der Waals surface area contributed by atoms with Gasteiger partial charge in [0.25, 0.3) is 0 Å². The second-order valence-electron chi connectivity index (χ2n) is 4.40. The van der Waals surface area contributed by atoms with Crippen LogP contribution in [0.15, 0.2) is 23.7 Å². The lowest BCUT2D eigenvalue weighted by molar-refractivity contribution is -0.138. The van der Waals surface area contributed by atoms with Crippen LogP contribution in [0.1, 0.15) is 6.92 Å². The number of carbonyl (C=O) groups excluding carboxylic acids is 1. The van der Waals surface area contributed by atoms with Crippen LogP contribution >= 0.6 is 11.3 Å². The molecule has 0 unspecified atom stereocenters. The van der Waals surface area contributed by atoms with E-state index in [4.69, 9.17) is 4.74 Å². The van der Waals surface area contributed by atoms with Crippen molar-refractivity contribution in [2.24, 2.45) is 0 Å². The minimum absolute atomic E-state index is 0.287. The highest BCUT2D eigenvalue weighted by atomic mass is 32.1. The Kier molecular flexibility index (Phi) is 4.93. The van der Waals surface area contributed by atoms with Crippen LogP contribution in [0, 0.1) is 0 Å². The number of hydrogen-bond acceptors (Lipinski definition) is 6. The number of ether oxygens (including phenoxy) is 1. The Bertz CT molecular complexity index is 425. The number of aromatic nitrogens is 1. The molecule has 104 valence electrons. The summed E-state index contributed by atoms with van der Waals surface area (Å²) in [6, 6.07) is 0. The van der Waals surface area contributed by atoms with E-state index in [-0.39, 0.29) is 5.97 Å². The molecule has 0 aliphatic carbocycles. The van der Waals surface area contributed by atoms with Gasteiger partial charge in [-0.05, 0) is 6.92 Å². The van der Waals surface area contributed by atoms with E-state index in [1.165, 1.54) is 0 Å². The van der Waals surface area contributed by atoms with Gasteiger partial charge in [0.05, 0.1) is 6.61 Å². The van der Waals surface area contributed by atoms with Gasteiger partial charge in [0.1, 0.15) is 0 Å². The van der Waals surface area contributed by atoms with Gasteiger partial charge in [0.15, 0.2) is 5.13 Å². The first-order chi connectivity index (χ1) is 9.20. The highest BCUT2D eigenvalue weighted by molar-refractivity contribution is 7.13. The molecule has 5 nitrogen and oxygen atoms in total. The molecular weight excluding hydrogens is 262 g/mol. The third-order valence-electron chi connectivity index (χ3n) is 3.04. The molecular formula is C13H19N3O2S. The van der Waals surface area contributed by atoms with Crippen molar-refractivity contribution in [1.82, 2.24) is 9.88 Å². The SMILES string of the molecule is C=C(CN1CCN(c2nccs2)CC1)C(=O)OCC. The van der Waals surface area contributed by atoms with Crippen LogP contribution in [-0.2, 0) is 9.53 Å². The fourth-order valence-corrected chi connectivity index (χ4v) is 2.73. The lowest BCUT2D eigenvalue weighted by Crippen LogP contribution is -2.47. The molecule has 1 aromatic heterocycles. The van der Waals surface area contributed by atoms with Gasteiger partial charge in [-0.15, -0.1) is 11.3 Å². The molecule has 0 atom stereocenters. The molecule has 0 N–H and O–H groups in total. The predicted octanol–water partition coefficient (Wildman–Crippen LogP) is 1.38. The fraction of sp³-hybridized carbons (Fsp3) is 0.538. The van der Waals surface area contributed by atoms with Gasteiger partial charge in [-0.3, -0.25) is 4.90 Å². The number of anilines is 1. The number of esters is 1.